The highest BCUT2D eigenvalue weighted by molar-refractivity contribution is 8.24. The Labute approximate surface area is 250 Å². The van der Waals surface area contributed by atoms with Crippen molar-refractivity contribution < 1.29 is 41.0 Å². The maximum Gasteiger partial charge on any atom is 0.343 e. The van der Waals surface area contributed by atoms with E-state index in [4.69, 9.17) is 6.57 Å². The molecule has 2 aromatic rings. The fraction of sp³-hybridized carbons (Fsp3) is 0.267. The minimum atomic E-state index is -3.69. The van der Waals surface area contributed by atoms with Crippen molar-refractivity contribution >= 4 is 44.0 Å². The zero-order valence-corrected chi connectivity index (χ0v) is 24.9. The average Bonchev–Trinajstić information content (AvgIpc) is 2.96. The summed E-state index contributed by atoms with van der Waals surface area (Å²) in [5, 5.41) is 22.1. The van der Waals surface area contributed by atoms with Gasteiger partial charge < -0.3 is 19.4 Å². The van der Waals surface area contributed by atoms with Gasteiger partial charge in [0.15, 0.2) is 37.6 Å². The highest BCUT2D eigenvalue weighted by atomic mass is 32.0. The molecule has 0 spiro atoms. The zero-order chi connectivity index (χ0) is 31.9. The van der Waals surface area contributed by atoms with Gasteiger partial charge >= 0.3 is 5.54 Å². The molecule has 4 aliphatic rings. The third kappa shape index (κ3) is 4.27. The number of carbonyl (C=O) groups excluding carboxylic acids is 1. The lowest BCUT2D eigenvalue weighted by molar-refractivity contribution is -0.599. The van der Waals surface area contributed by atoms with Crippen molar-refractivity contribution in [1.29, 1.82) is 5.26 Å². The first-order valence-corrected chi connectivity index (χ1v) is 16.6. The van der Waals surface area contributed by atoms with E-state index in [0.717, 1.165) is 6.92 Å². The molecule has 3 unspecified atom stereocenters. The molecule has 7 nitrogen and oxygen atoms in total. The zero-order valence-electron chi connectivity index (χ0n) is 22.9. The van der Waals surface area contributed by atoms with Crippen molar-refractivity contribution in [3.63, 3.8) is 0 Å². The van der Waals surface area contributed by atoms with Crippen LogP contribution in [0.2, 0.25) is 0 Å². The monoisotopic (exact) mass is 642 g/mol. The Hall–Kier alpha value is -4.11. The van der Waals surface area contributed by atoms with Crippen molar-refractivity contribution in [3.05, 3.63) is 98.4 Å². The van der Waals surface area contributed by atoms with E-state index in [9.17, 15) is 28.5 Å². The van der Waals surface area contributed by atoms with Crippen LogP contribution >= 0.6 is 15.8 Å². The Morgan fingerprint density at radius 2 is 1.86 bits per heavy atom. The Kier molecular flexibility index (Phi) is 6.96. The molecule has 224 valence electrons. The molecule has 2 fully saturated rings. The molecule has 0 saturated carbocycles. The third-order valence-electron chi connectivity index (χ3n) is 8.32. The number of nitrogens with zero attached hydrogens (tertiary/aromatic N) is 4. The van der Waals surface area contributed by atoms with E-state index in [-0.39, 0.29) is 53.5 Å². The van der Waals surface area contributed by atoms with Crippen LogP contribution in [0.25, 0.3) is 10.4 Å². The highest BCUT2D eigenvalue weighted by Crippen LogP contribution is 2.68. The molecule has 3 aliphatic heterocycles. The van der Waals surface area contributed by atoms with Gasteiger partial charge in [-0.05, 0) is 29.3 Å². The van der Waals surface area contributed by atoms with Gasteiger partial charge in [0, 0.05) is 52.1 Å². The van der Waals surface area contributed by atoms with Crippen molar-refractivity contribution in [2.24, 2.45) is 0 Å². The van der Waals surface area contributed by atoms with E-state index in [1.165, 1.54) is 42.5 Å². The van der Waals surface area contributed by atoms with Crippen molar-refractivity contribution in [2.45, 2.75) is 24.8 Å². The molecule has 0 amide bonds. The summed E-state index contributed by atoms with van der Waals surface area (Å²) in [6.45, 7) is 4.84. The second kappa shape index (κ2) is 10.2. The van der Waals surface area contributed by atoms with Crippen LogP contribution in [0, 0.1) is 35.4 Å². The molecule has 3 heterocycles. The molecule has 2 aromatic carbocycles. The van der Waals surface area contributed by atoms with E-state index in [0.29, 0.717) is 11.4 Å². The Balaban J connectivity index is 1.74. The Bertz CT molecular complexity index is 1950. The number of allylic oxidation sites excluding steroid dienone is 5. The van der Waals surface area contributed by atoms with Crippen molar-refractivity contribution in [2.75, 3.05) is 31.1 Å². The first-order chi connectivity index (χ1) is 20.7. The smallest absolute Gasteiger partial charge is 0.343 e. The maximum atomic E-state index is 16.6. The van der Waals surface area contributed by atoms with Crippen LogP contribution in [0.3, 0.4) is 0 Å². The number of hydrogen-bond donors (Lipinski definition) is 0. The Morgan fingerprint density at radius 3 is 2.43 bits per heavy atom. The second-order valence-electron chi connectivity index (χ2n) is 11.1. The summed E-state index contributed by atoms with van der Waals surface area (Å²) in [4.78, 5) is 17.0. The number of benzene rings is 2. The number of anilines is 1. The van der Waals surface area contributed by atoms with Gasteiger partial charge in [-0.1, -0.05) is 15.0 Å². The van der Waals surface area contributed by atoms with Gasteiger partial charge in [-0.15, -0.1) is 0 Å². The number of hydrogen-bond acceptors (Lipinski definition) is 5. The molecule has 2 saturated heterocycles. The molecular weight excluding hydrogens is 621 g/mol. The van der Waals surface area contributed by atoms with Crippen molar-refractivity contribution in [1.82, 2.24) is 0 Å². The van der Waals surface area contributed by atoms with Gasteiger partial charge in [0.05, 0.1) is 19.1 Å². The topological polar surface area (TPSA) is 91.6 Å². The van der Waals surface area contributed by atoms with Crippen molar-refractivity contribution in [3.8, 4) is 6.07 Å². The van der Waals surface area contributed by atoms with E-state index in [2.05, 4.69) is 13.8 Å². The van der Waals surface area contributed by atoms with Gasteiger partial charge in [0.25, 0.3) is 0 Å². The van der Waals surface area contributed by atoms with E-state index >= 15 is 13.2 Å². The van der Waals surface area contributed by atoms with Crippen LogP contribution in [0.4, 0.5) is 27.6 Å². The summed E-state index contributed by atoms with van der Waals surface area (Å²) in [5.41, 5.74) is -5.67. The quantitative estimate of drug-likeness (QED) is 0.165. The van der Waals surface area contributed by atoms with Crippen LogP contribution in [-0.4, -0.2) is 54.8 Å². The predicted molar refractivity (Wildman–Crippen MR) is 154 cm³/mol. The number of carboxylic acid groups (broad SMARTS) is 1. The number of rotatable bonds is 4. The normalized spacial score (nSPS) is 23.9. The van der Waals surface area contributed by atoms with Crippen LogP contribution in [0.5, 0.6) is 0 Å². The van der Waals surface area contributed by atoms with E-state index < -0.39 is 64.8 Å². The van der Waals surface area contributed by atoms with Crippen LogP contribution in [0.1, 0.15) is 34.0 Å². The summed E-state index contributed by atoms with van der Waals surface area (Å²) in [6.07, 6.45) is 2.26. The first kappa shape index (κ1) is 29.9. The third-order valence-corrected chi connectivity index (χ3v) is 12.2. The molecule has 0 N–H and O–H groups in total. The summed E-state index contributed by atoms with van der Waals surface area (Å²) in [6, 6.07) is 5.87. The number of carboxylic acids is 1. The number of carbonyl (C=O) groups is 1. The molecule has 0 aromatic heterocycles. The van der Waals surface area contributed by atoms with Crippen LogP contribution in [-0.2, 0) is 10.1 Å². The number of fused-ring (bicyclic) bond motifs is 2. The molecule has 3 atom stereocenters. The van der Waals surface area contributed by atoms with Gasteiger partial charge in [-0.3, -0.25) is 4.85 Å². The van der Waals surface area contributed by atoms with Gasteiger partial charge in [0.2, 0.25) is 11.9 Å². The average molecular weight is 642 g/mol. The van der Waals surface area contributed by atoms with Crippen LogP contribution < -0.4 is 15.3 Å². The number of alkyl halides is 2. The molecular formula is C30H21F5N4O3P2. The highest BCUT2D eigenvalue weighted by Gasteiger charge is 2.47. The second-order valence-corrected chi connectivity index (χ2v) is 15.6. The minimum absolute atomic E-state index is 0.0114. The maximum absolute atomic E-state index is 16.6. The van der Waals surface area contributed by atoms with Gasteiger partial charge in [0.1, 0.15) is 17.6 Å². The summed E-state index contributed by atoms with van der Waals surface area (Å²) in [5.74, 6) is -8.00. The Morgan fingerprint density at radius 1 is 1.18 bits per heavy atom. The van der Waals surface area contributed by atoms with Gasteiger partial charge in [-0.25, -0.2) is 33.1 Å². The fourth-order valence-electron chi connectivity index (χ4n) is 5.87. The fourth-order valence-corrected chi connectivity index (χ4v) is 9.15. The molecule has 44 heavy (non-hydrogen) atoms. The van der Waals surface area contributed by atoms with E-state index in [1.54, 1.807) is 9.48 Å². The summed E-state index contributed by atoms with van der Waals surface area (Å²) < 4.78 is 91.2. The molecule has 6 rings (SSSR count). The standard InChI is InChI=1S/C30H21F5N4O3P2/c1-30(13-36,37-2)25-26(33)23(24(29(40)41)27(34)28(25)35)22-18-5-3-16(38-9-14(31)10-38)7-20(18)44(42,43)21-8-17(4-6-19(21)22)39-11-15(32)12-39/h3-8,14-15H,9-12,43H2,1H3. The first-order valence-electron chi connectivity index (χ1n) is 13.3. The lowest BCUT2D eigenvalue weighted by atomic mass is 9.82. The molecule has 1 aliphatic carbocycles. The van der Waals surface area contributed by atoms with Gasteiger partial charge in [-0.2, -0.15) is 5.26 Å². The van der Waals surface area contributed by atoms with Crippen LogP contribution in [0.15, 0.2) is 47.3 Å². The summed E-state index contributed by atoms with van der Waals surface area (Å²) >= 11 is 0. The predicted octanol–water partition coefficient (Wildman–Crippen LogP) is 4.14. The SMILES string of the molecule is [C-]#[N+]C(C)(C#N)c1c(F)c(F)c(C(=O)[O-])c(C2=C3C=CC(=[N+]4CC(F)C4)C=C3P(=O)(P)c3cc(N4CC(F)C4)ccc32)c1F. The molecule has 14 heteroatoms. The summed E-state index contributed by atoms with van der Waals surface area (Å²) in [7, 11) is 2.28. The lowest BCUT2D eigenvalue weighted by Crippen LogP contribution is -2.48. The van der Waals surface area contributed by atoms with E-state index in [1.807, 2.05) is 0 Å². The number of aromatic carboxylic acids is 1. The number of nitriles is 1. The number of halogens is 5. The molecule has 0 radical (unpaired) electrons. The minimum Gasteiger partial charge on any atom is -0.545 e. The molecule has 0 bridgehead atoms. The largest absolute Gasteiger partial charge is 0.545 e. The lowest BCUT2D eigenvalue weighted by Gasteiger charge is -2.38.